The fourth-order valence-electron chi connectivity index (χ4n) is 4.46. The van der Waals surface area contributed by atoms with Crippen molar-refractivity contribution >= 4 is 17.4 Å². The summed E-state index contributed by atoms with van der Waals surface area (Å²) < 4.78 is 20.0. The zero-order chi connectivity index (χ0) is 17.1. The van der Waals surface area contributed by atoms with E-state index in [-0.39, 0.29) is 16.8 Å². The Kier molecular flexibility index (Phi) is 5.80. The fraction of sp³-hybridized carbons (Fsp3) is 0.650. The number of carbonyl (C=O) groups is 1. The highest BCUT2D eigenvalue weighted by atomic mass is 35.5. The van der Waals surface area contributed by atoms with Crippen molar-refractivity contribution in [2.24, 2.45) is 11.8 Å². The number of hydrogen-bond acceptors (Lipinski definition) is 2. The van der Waals surface area contributed by atoms with Crippen LogP contribution in [0.15, 0.2) is 12.1 Å². The van der Waals surface area contributed by atoms with Crippen LogP contribution in [-0.2, 0) is 4.79 Å². The quantitative estimate of drug-likeness (QED) is 0.673. The molecule has 0 spiro atoms. The molecule has 0 amide bonds. The summed E-state index contributed by atoms with van der Waals surface area (Å²) in [7, 11) is 0. The lowest BCUT2D eigenvalue weighted by atomic mass is 9.69. The summed E-state index contributed by atoms with van der Waals surface area (Å²) in [6.45, 7) is 2.34. The maximum Gasteiger partial charge on any atom is 0.149 e. The Hall–Kier alpha value is -1.09. The molecule has 0 aromatic heterocycles. The van der Waals surface area contributed by atoms with Crippen molar-refractivity contribution in [3.63, 3.8) is 0 Å². The molecule has 2 fully saturated rings. The minimum absolute atomic E-state index is 0.113. The maximum atomic E-state index is 14.6. The SMILES string of the molecule is CCOc1ccc([C@H]2CC[C@H](C3CCC(=O)CC3)CC2)c(F)c1Cl. The zero-order valence-corrected chi connectivity index (χ0v) is 15.1. The van der Waals surface area contributed by atoms with Gasteiger partial charge in [-0.05, 0) is 74.8 Å². The molecular weight excluding hydrogens is 327 g/mol. The Bertz CT molecular complexity index is 584. The van der Waals surface area contributed by atoms with Gasteiger partial charge in [0.25, 0.3) is 0 Å². The monoisotopic (exact) mass is 352 g/mol. The second kappa shape index (κ2) is 7.86. The molecule has 24 heavy (non-hydrogen) atoms. The smallest absolute Gasteiger partial charge is 0.149 e. The van der Waals surface area contributed by atoms with Gasteiger partial charge in [0.05, 0.1) is 6.61 Å². The second-order valence-corrected chi connectivity index (χ2v) is 7.58. The first-order valence-electron chi connectivity index (χ1n) is 9.22. The third-order valence-corrected chi connectivity index (χ3v) is 6.20. The van der Waals surface area contributed by atoms with E-state index < -0.39 is 0 Å². The van der Waals surface area contributed by atoms with E-state index in [1.165, 1.54) is 0 Å². The standard InChI is InChI=1S/C20H26ClFO2/c1-2-24-18-12-11-17(20(22)19(18)21)15-5-3-13(4-6-15)14-7-9-16(23)10-8-14/h11-15H,2-10H2,1H3/t13-,15-. The Morgan fingerprint density at radius 2 is 1.71 bits per heavy atom. The van der Waals surface area contributed by atoms with Gasteiger partial charge in [-0.1, -0.05) is 17.7 Å². The van der Waals surface area contributed by atoms with E-state index in [1.54, 1.807) is 6.07 Å². The molecule has 0 N–H and O–H groups in total. The summed E-state index contributed by atoms with van der Waals surface area (Å²) in [6.07, 6.45) is 7.91. The van der Waals surface area contributed by atoms with Crippen molar-refractivity contribution in [2.75, 3.05) is 6.61 Å². The highest BCUT2D eigenvalue weighted by Gasteiger charge is 2.32. The topological polar surface area (TPSA) is 26.3 Å². The van der Waals surface area contributed by atoms with Gasteiger partial charge >= 0.3 is 0 Å². The summed E-state index contributed by atoms with van der Waals surface area (Å²) in [5.41, 5.74) is 0.737. The number of Topliss-reactive ketones (excluding diaryl/α,β-unsaturated/α-hetero) is 1. The molecule has 2 saturated carbocycles. The van der Waals surface area contributed by atoms with Crippen LogP contribution in [0.4, 0.5) is 4.39 Å². The third kappa shape index (κ3) is 3.77. The van der Waals surface area contributed by atoms with Gasteiger partial charge in [-0.3, -0.25) is 4.79 Å². The molecule has 3 rings (SSSR count). The molecule has 0 unspecified atom stereocenters. The van der Waals surface area contributed by atoms with Gasteiger partial charge in [0.2, 0.25) is 0 Å². The molecule has 0 heterocycles. The predicted molar refractivity (Wildman–Crippen MR) is 94.2 cm³/mol. The summed E-state index contributed by atoms with van der Waals surface area (Å²) in [6, 6.07) is 3.64. The highest BCUT2D eigenvalue weighted by molar-refractivity contribution is 6.32. The molecule has 0 atom stereocenters. The van der Waals surface area contributed by atoms with Crippen LogP contribution >= 0.6 is 11.6 Å². The molecule has 1 aromatic rings. The van der Waals surface area contributed by atoms with Crippen LogP contribution in [0.3, 0.4) is 0 Å². The lowest BCUT2D eigenvalue weighted by molar-refractivity contribution is -0.121. The molecule has 0 aliphatic heterocycles. The average molecular weight is 353 g/mol. The summed E-state index contributed by atoms with van der Waals surface area (Å²) in [4.78, 5) is 11.4. The lowest BCUT2D eigenvalue weighted by Crippen LogP contribution is -2.25. The Balaban J connectivity index is 1.62. The number of hydrogen-bond donors (Lipinski definition) is 0. The molecule has 2 nitrogen and oxygen atoms in total. The van der Waals surface area contributed by atoms with Crippen molar-refractivity contribution in [2.45, 2.75) is 64.2 Å². The molecule has 4 heteroatoms. The molecule has 2 aliphatic carbocycles. The van der Waals surface area contributed by atoms with Crippen LogP contribution in [0.1, 0.15) is 69.8 Å². The molecule has 0 radical (unpaired) electrons. The van der Waals surface area contributed by atoms with Crippen LogP contribution in [0.2, 0.25) is 5.02 Å². The average Bonchev–Trinajstić information content (AvgIpc) is 2.60. The minimum atomic E-state index is -0.311. The zero-order valence-electron chi connectivity index (χ0n) is 14.3. The number of rotatable bonds is 4. The van der Waals surface area contributed by atoms with Gasteiger partial charge in [-0.2, -0.15) is 0 Å². The predicted octanol–water partition coefficient (Wildman–Crippen LogP) is 5.91. The Labute approximate surface area is 148 Å². The van der Waals surface area contributed by atoms with Crippen LogP contribution in [0, 0.1) is 17.7 Å². The van der Waals surface area contributed by atoms with E-state index in [4.69, 9.17) is 16.3 Å². The van der Waals surface area contributed by atoms with Crippen molar-refractivity contribution in [1.29, 1.82) is 0 Å². The van der Waals surface area contributed by atoms with Gasteiger partial charge in [0.15, 0.2) is 0 Å². The maximum absolute atomic E-state index is 14.6. The molecular formula is C20H26ClFO2. The first kappa shape index (κ1) is 17.7. The number of carbonyl (C=O) groups excluding carboxylic acids is 1. The first-order chi connectivity index (χ1) is 11.6. The number of ketones is 1. The first-order valence-corrected chi connectivity index (χ1v) is 9.60. The molecule has 1 aromatic carbocycles. The molecule has 2 aliphatic rings. The van der Waals surface area contributed by atoms with E-state index >= 15 is 0 Å². The number of benzene rings is 1. The highest BCUT2D eigenvalue weighted by Crippen LogP contribution is 2.44. The van der Waals surface area contributed by atoms with Crippen LogP contribution in [-0.4, -0.2) is 12.4 Å². The molecule has 0 bridgehead atoms. The van der Waals surface area contributed by atoms with Gasteiger partial charge in [0, 0.05) is 12.8 Å². The van der Waals surface area contributed by atoms with Crippen molar-refractivity contribution < 1.29 is 13.9 Å². The summed E-state index contributed by atoms with van der Waals surface area (Å²) in [5.74, 6) is 2.19. The summed E-state index contributed by atoms with van der Waals surface area (Å²) >= 11 is 6.13. The van der Waals surface area contributed by atoms with Gasteiger partial charge < -0.3 is 4.74 Å². The van der Waals surface area contributed by atoms with E-state index in [0.29, 0.717) is 30.0 Å². The van der Waals surface area contributed by atoms with E-state index in [0.717, 1.165) is 56.9 Å². The number of ether oxygens (including phenoxy) is 1. The lowest BCUT2D eigenvalue weighted by Gasteiger charge is -2.35. The van der Waals surface area contributed by atoms with Crippen molar-refractivity contribution in [1.82, 2.24) is 0 Å². The molecule has 132 valence electrons. The third-order valence-electron chi connectivity index (χ3n) is 5.84. The van der Waals surface area contributed by atoms with Crippen molar-refractivity contribution in [3.8, 4) is 5.75 Å². The second-order valence-electron chi connectivity index (χ2n) is 7.20. The van der Waals surface area contributed by atoms with E-state index in [1.807, 2.05) is 13.0 Å². The Morgan fingerprint density at radius 1 is 1.08 bits per heavy atom. The largest absolute Gasteiger partial charge is 0.492 e. The van der Waals surface area contributed by atoms with Gasteiger partial charge in [-0.25, -0.2) is 4.39 Å². The minimum Gasteiger partial charge on any atom is -0.492 e. The van der Waals surface area contributed by atoms with E-state index in [2.05, 4.69) is 0 Å². The van der Waals surface area contributed by atoms with Crippen LogP contribution < -0.4 is 4.74 Å². The number of halogens is 2. The van der Waals surface area contributed by atoms with E-state index in [9.17, 15) is 9.18 Å². The van der Waals surface area contributed by atoms with Crippen LogP contribution in [0.5, 0.6) is 5.75 Å². The normalized spacial score (nSPS) is 25.7. The van der Waals surface area contributed by atoms with Crippen molar-refractivity contribution in [3.05, 3.63) is 28.5 Å². The molecule has 0 saturated heterocycles. The summed E-state index contributed by atoms with van der Waals surface area (Å²) in [5, 5.41) is 0.113. The Morgan fingerprint density at radius 3 is 2.33 bits per heavy atom. The van der Waals surface area contributed by atoms with Gasteiger partial charge in [0.1, 0.15) is 22.4 Å². The van der Waals surface area contributed by atoms with Crippen LogP contribution in [0.25, 0.3) is 0 Å². The fourth-order valence-corrected chi connectivity index (χ4v) is 4.69. The van der Waals surface area contributed by atoms with Gasteiger partial charge in [-0.15, -0.1) is 0 Å².